The molecule has 0 bridgehead atoms. The van der Waals surface area contributed by atoms with E-state index in [0.29, 0.717) is 12.0 Å². The molecule has 2 heteroatoms. The number of aliphatic hydroxyl groups excluding tert-OH is 1. The van der Waals surface area contributed by atoms with Crippen LogP contribution in [0.2, 0.25) is 0 Å². The molecule has 0 aliphatic heterocycles. The van der Waals surface area contributed by atoms with E-state index in [1.807, 2.05) is 18.2 Å². The van der Waals surface area contributed by atoms with Gasteiger partial charge in [-0.25, -0.2) is 0 Å². The fourth-order valence-corrected chi connectivity index (χ4v) is 1.47. The van der Waals surface area contributed by atoms with Crippen molar-refractivity contribution in [2.24, 2.45) is 0 Å². The van der Waals surface area contributed by atoms with Crippen molar-refractivity contribution in [1.82, 2.24) is 0 Å². The first kappa shape index (κ1) is 12.5. The standard InChI is InChI=1S/C14H18O2/c1-2-3-5-10-13(15)11-14(16)12-8-6-4-7-9-12/h4,6-9,11,16H,2-3,5,10H2,1H3/b14-11-. The number of ketones is 1. The van der Waals surface area contributed by atoms with Crippen LogP contribution in [-0.2, 0) is 4.79 Å². The Labute approximate surface area is 96.6 Å². The number of rotatable bonds is 6. The molecule has 86 valence electrons. The van der Waals surface area contributed by atoms with Crippen molar-refractivity contribution in [3.8, 4) is 0 Å². The molecule has 1 aromatic carbocycles. The Balaban J connectivity index is 2.53. The van der Waals surface area contributed by atoms with Gasteiger partial charge in [-0.3, -0.25) is 4.79 Å². The first-order valence-corrected chi connectivity index (χ1v) is 5.73. The second-order valence-corrected chi connectivity index (χ2v) is 3.82. The summed E-state index contributed by atoms with van der Waals surface area (Å²) in [6.07, 6.45) is 4.90. The Bertz CT molecular complexity index is 352. The Hall–Kier alpha value is -1.57. The van der Waals surface area contributed by atoms with E-state index >= 15 is 0 Å². The minimum Gasteiger partial charge on any atom is -0.507 e. The summed E-state index contributed by atoms with van der Waals surface area (Å²) in [4.78, 5) is 11.5. The summed E-state index contributed by atoms with van der Waals surface area (Å²) in [7, 11) is 0. The SMILES string of the molecule is CCCCCC(=O)/C=C(\O)c1ccccc1. The monoisotopic (exact) mass is 218 g/mol. The van der Waals surface area contributed by atoms with E-state index in [9.17, 15) is 9.90 Å². The van der Waals surface area contributed by atoms with Gasteiger partial charge in [-0.1, -0.05) is 50.1 Å². The Kier molecular flexibility index (Phi) is 5.34. The first-order valence-electron chi connectivity index (χ1n) is 5.73. The van der Waals surface area contributed by atoms with Gasteiger partial charge in [-0.2, -0.15) is 0 Å². The fraction of sp³-hybridized carbons (Fsp3) is 0.357. The third-order valence-electron chi connectivity index (χ3n) is 2.39. The second-order valence-electron chi connectivity index (χ2n) is 3.82. The molecule has 2 nitrogen and oxygen atoms in total. The molecular formula is C14H18O2. The predicted octanol–water partition coefficient (Wildman–Crippen LogP) is 3.73. The van der Waals surface area contributed by atoms with Gasteiger partial charge in [-0.05, 0) is 6.42 Å². The van der Waals surface area contributed by atoms with E-state index in [1.54, 1.807) is 12.1 Å². The van der Waals surface area contributed by atoms with Crippen LogP contribution in [-0.4, -0.2) is 10.9 Å². The summed E-state index contributed by atoms with van der Waals surface area (Å²) in [6.45, 7) is 2.10. The van der Waals surface area contributed by atoms with Crippen LogP contribution in [0.1, 0.15) is 38.2 Å². The third-order valence-corrected chi connectivity index (χ3v) is 2.39. The van der Waals surface area contributed by atoms with Crippen molar-refractivity contribution in [3.63, 3.8) is 0 Å². The summed E-state index contributed by atoms with van der Waals surface area (Å²) in [5.74, 6) is 0.0527. The van der Waals surface area contributed by atoms with Gasteiger partial charge in [0.2, 0.25) is 0 Å². The molecular weight excluding hydrogens is 200 g/mol. The Morgan fingerprint density at radius 3 is 2.56 bits per heavy atom. The van der Waals surface area contributed by atoms with Crippen molar-refractivity contribution in [2.45, 2.75) is 32.6 Å². The summed E-state index contributed by atoms with van der Waals surface area (Å²) in [5, 5.41) is 9.69. The van der Waals surface area contributed by atoms with Crippen molar-refractivity contribution in [1.29, 1.82) is 0 Å². The normalized spacial score (nSPS) is 11.4. The maximum absolute atomic E-state index is 11.5. The predicted molar refractivity (Wildman–Crippen MR) is 66.2 cm³/mol. The van der Waals surface area contributed by atoms with Gasteiger partial charge in [0.1, 0.15) is 5.76 Å². The molecule has 1 rings (SSSR count). The van der Waals surface area contributed by atoms with E-state index < -0.39 is 0 Å². The largest absolute Gasteiger partial charge is 0.507 e. The van der Waals surface area contributed by atoms with Crippen molar-refractivity contribution in [2.75, 3.05) is 0 Å². The summed E-state index contributed by atoms with van der Waals surface area (Å²) in [6, 6.07) is 9.11. The molecule has 0 aromatic heterocycles. The van der Waals surface area contributed by atoms with Gasteiger partial charge in [-0.15, -0.1) is 0 Å². The van der Waals surface area contributed by atoms with Crippen LogP contribution in [0.4, 0.5) is 0 Å². The van der Waals surface area contributed by atoms with E-state index in [-0.39, 0.29) is 11.5 Å². The van der Waals surface area contributed by atoms with Crippen LogP contribution in [0.3, 0.4) is 0 Å². The zero-order valence-corrected chi connectivity index (χ0v) is 9.65. The summed E-state index contributed by atoms with van der Waals surface area (Å²) in [5.41, 5.74) is 0.686. The molecule has 0 fully saturated rings. The number of hydrogen-bond donors (Lipinski definition) is 1. The fourth-order valence-electron chi connectivity index (χ4n) is 1.47. The average molecular weight is 218 g/mol. The van der Waals surface area contributed by atoms with Crippen LogP contribution >= 0.6 is 0 Å². The molecule has 0 radical (unpaired) electrons. The second kappa shape index (κ2) is 6.83. The molecule has 0 atom stereocenters. The minimum atomic E-state index is -0.00481. The van der Waals surface area contributed by atoms with Crippen molar-refractivity contribution >= 4 is 11.5 Å². The highest BCUT2D eigenvalue weighted by atomic mass is 16.3. The van der Waals surface area contributed by atoms with Crippen LogP contribution in [0.25, 0.3) is 5.76 Å². The molecule has 0 spiro atoms. The van der Waals surface area contributed by atoms with Crippen LogP contribution in [0.5, 0.6) is 0 Å². The maximum atomic E-state index is 11.5. The number of unbranched alkanes of at least 4 members (excludes halogenated alkanes) is 2. The minimum absolute atomic E-state index is 0.00481. The number of aliphatic hydroxyl groups is 1. The first-order chi connectivity index (χ1) is 7.74. The average Bonchev–Trinajstić information content (AvgIpc) is 2.30. The molecule has 0 saturated heterocycles. The zero-order valence-electron chi connectivity index (χ0n) is 9.65. The van der Waals surface area contributed by atoms with E-state index in [0.717, 1.165) is 19.3 Å². The summed E-state index contributed by atoms with van der Waals surface area (Å²) < 4.78 is 0. The number of carbonyl (C=O) groups excluding carboxylic acids is 1. The molecule has 0 aliphatic rings. The molecule has 0 amide bonds. The van der Waals surface area contributed by atoms with Crippen molar-refractivity contribution < 1.29 is 9.90 Å². The quantitative estimate of drug-likeness (QED) is 0.448. The van der Waals surface area contributed by atoms with Gasteiger partial charge in [0.25, 0.3) is 0 Å². The highest BCUT2D eigenvalue weighted by molar-refractivity contribution is 5.95. The lowest BCUT2D eigenvalue weighted by molar-refractivity contribution is -0.114. The highest BCUT2D eigenvalue weighted by Gasteiger charge is 2.02. The van der Waals surface area contributed by atoms with Gasteiger partial charge in [0.15, 0.2) is 5.78 Å². The van der Waals surface area contributed by atoms with Gasteiger partial charge < -0.3 is 5.11 Å². The number of allylic oxidation sites excluding steroid dienone is 1. The van der Waals surface area contributed by atoms with Crippen LogP contribution in [0, 0.1) is 0 Å². The van der Waals surface area contributed by atoms with Crippen LogP contribution in [0.15, 0.2) is 36.4 Å². The lowest BCUT2D eigenvalue weighted by Crippen LogP contribution is -1.95. The van der Waals surface area contributed by atoms with Crippen molar-refractivity contribution in [3.05, 3.63) is 42.0 Å². The Morgan fingerprint density at radius 2 is 1.94 bits per heavy atom. The zero-order chi connectivity index (χ0) is 11.8. The smallest absolute Gasteiger partial charge is 0.159 e. The van der Waals surface area contributed by atoms with E-state index in [4.69, 9.17) is 0 Å². The number of carbonyl (C=O) groups is 1. The number of hydrogen-bond acceptors (Lipinski definition) is 2. The lowest BCUT2D eigenvalue weighted by Gasteiger charge is -1.99. The topological polar surface area (TPSA) is 37.3 Å². The van der Waals surface area contributed by atoms with Crippen LogP contribution < -0.4 is 0 Å². The molecule has 1 aromatic rings. The third kappa shape index (κ3) is 4.30. The molecule has 1 N–H and O–H groups in total. The van der Waals surface area contributed by atoms with Gasteiger partial charge >= 0.3 is 0 Å². The number of benzene rings is 1. The van der Waals surface area contributed by atoms with Gasteiger partial charge in [0.05, 0.1) is 0 Å². The van der Waals surface area contributed by atoms with E-state index in [2.05, 4.69) is 6.92 Å². The highest BCUT2D eigenvalue weighted by Crippen LogP contribution is 2.11. The maximum Gasteiger partial charge on any atom is 0.159 e. The lowest BCUT2D eigenvalue weighted by atomic mass is 10.1. The molecule has 0 aliphatic carbocycles. The molecule has 0 heterocycles. The Morgan fingerprint density at radius 1 is 1.25 bits per heavy atom. The molecule has 16 heavy (non-hydrogen) atoms. The molecule has 0 saturated carbocycles. The van der Waals surface area contributed by atoms with E-state index in [1.165, 1.54) is 6.08 Å². The van der Waals surface area contributed by atoms with Gasteiger partial charge in [0, 0.05) is 18.1 Å². The molecule has 0 unspecified atom stereocenters. The summed E-state index contributed by atoms with van der Waals surface area (Å²) >= 11 is 0.